The first-order valence-corrected chi connectivity index (χ1v) is 28.7. The molecule has 0 aliphatic heterocycles. The normalized spacial score (nSPS) is 10.3. The van der Waals surface area contributed by atoms with E-state index in [4.69, 9.17) is 65.2 Å². The summed E-state index contributed by atoms with van der Waals surface area (Å²) in [6.45, 7) is 1.05. The number of hydrogen-bond acceptors (Lipinski definition) is 17. The standard InChI is InChI=1S/C32H25ClN6O3.C32H27ClN6O.CH4.2O2S/c1-42-24-14-11-21(12-15-24)18-34-28-16-13-22(17-30(28)39(40)41)36-32-35-19-27(33)31(37-32)26-20-38(23-7-3-2-4-8-23)29-10-6-5-9-25(26)29;1-40-24-14-11-21(12-15-24)18-35-29-16-13-22(17-28(29)34)37-32-36-19-27(33)31(38-32)26-20-39(23-7-3-2-4-8-23)30-10-6-5-9-25(26)30;;2*1-3-2/h2-17,19-20,34H,18H2,1H3,(H,35,36,37);2-17,19-20,35H,18,34H2,1H3,(H,36,37,38);1H4;;. The molecule has 0 aliphatic carbocycles. The van der Waals surface area contributed by atoms with E-state index >= 15 is 0 Å². The van der Waals surface area contributed by atoms with Crippen LogP contribution >= 0.6 is 23.2 Å². The number of nitrogen functional groups attached to an aromatic ring is 1. The number of fused-ring (bicyclic) bond motifs is 2. The Balaban J connectivity index is 0.000000210. The molecule has 0 amide bonds. The summed E-state index contributed by atoms with van der Waals surface area (Å²) < 4.78 is 47.8. The van der Waals surface area contributed by atoms with Crippen LogP contribution in [0.15, 0.2) is 219 Å². The van der Waals surface area contributed by atoms with Crippen molar-refractivity contribution < 1.29 is 31.2 Å². The monoisotopic (exact) mass is 1270 g/mol. The molecule has 12 aromatic rings. The molecule has 12 rings (SSSR count). The number of aromatic nitrogens is 6. The molecule has 20 nitrogen and oxygen atoms in total. The molecule has 450 valence electrons. The van der Waals surface area contributed by atoms with Crippen molar-refractivity contribution in [2.45, 2.75) is 20.5 Å². The molecule has 0 atom stereocenters. The van der Waals surface area contributed by atoms with Gasteiger partial charge in [0.15, 0.2) is 0 Å². The summed E-state index contributed by atoms with van der Waals surface area (Å²) in [4.78, 5) is 29.8. The average Bonchev–Trinajstić information content (AvgIpc) is 2.20. The Morgan fingerprint density at radius 2 is 0.933 bits per heavy atom. The predicted octanol–water partition coefficient (Wildman–Crippen LogP) is 15.0. The molecule has 0 unspecified atom stereocenters. The molecule has 0 saturated heterocycles. The summed E-state index contributed by atoms with van der Waals surface area (Å²) >= 11 is 11.8. The lowest BCUT2D eigenvalue weighted by molar-refractivity contribution is -0.383. The lowest BCUT2D eigenvalue weighted by atomic mass is 10.1. The van der Waals surface area contributed by atoms with Crippen molar-refractivity contribution in [3.63, 3.8) is 0 Å². The number of nitrogens with zero attached hydrogens (tertiary/aromatic N) is 7. The highest BCUT2D eigenvalue weighted by molar-refractivity contribution is 7.52. The van der Waals surface area contributed by atoms with Gasteiger partial charge in [0, 0.05) is 76.2 Å². The molecule has 89 heavy (non-hydrogen) atoms. The minimum atomic E-state index is -0.750. The van der Waals surface area contributed by atoms with E-state index in [1.807, 2.05) is 158 Å². The van der Waals surface area contributed by atoms with Crippen molar-refractivity contribution in [1.82, 2.24) is 29.1 Å². The van der Waals surface area contributed by atoms with Crippen LogP contribution in [0.1, 0.15) is 18.6 Å². The Hall–Kier alpha value is -10.8. The predicted molar refractivity (Wildman–Crippen MR) is 354 cm³/mol. The Kier molecular flexibility index (Phi) is 22.4. The number of nitrogens with one attached hydrogen (secondary N) is 4. The van der Waals surface area contributed by atoms with Gasteiger partial charge in [-0.05, 0) is 102 Å². The SMILES string of the molecule is C.COc1ccc(CNc2ccc(Nc3ncc(Cl)c(-c4cn(-c5ccccc5)c5ccccc45)n3)cc2N)cc1.COc1ccc(CNc2ccc(Nc3ncc(Cl)c(-c4cn(-c5ccccc5)c5ccccc45)n3)cc2[N+](=O)[O-])cc1.O=S=O.O=S=O. The maximum absolute atomic E-state index is 11.9. The highest BCUT2D eigenvalue weighted by Crippen LogP contribution is 2.38. The van der Waals surface area contributed by atoms with E-state index in [0.717, 1.165) is 78.3 Å². The molecule has 0 spiro atoms. The first-order valence-electron chi connectivity index (χ1n) is 26.6. The number of rotatable bonds is 17. The average molecular weight is 1270 g/mol. The molecule has 4 heterocycles. The molecule has 0 bridgehead atoms. The van der Waals surface area contributed by atoms with Gasteiger partial charge in [-0.3, -0.25) is 10.1 Å². The number of methoxy groups -OCH3 is 2. The fraction of sp³-hybridized carbons (Fsp3) is 0.0769. The number of hydrogen-bond donors (Lipinski definition) is 5. The fourth-order valence-electron chi connectivity index (χ4n) is 9.42. The van der Waals surface area contributed by atoms with Crippen LogP contribution in [-0.4, -0.2) is 65.0 Å². The maximum atomic E-state index is 11.9. The minimum Gasteiger partial charge on any atom is -0.497 e. The smallest absolute Gasteiger partial charge is 0.335 e. The van der Waals surface area contributed by atoms with Gasteiger partial charge in [-0.15, -0.1) is 0 Å². The summed E-state index contributed by atoms with van der Waals surface area (Å²) in [6, 6.07) is 62.5. The molecule has 4 aromatic heterocycles. The number of nitro benzene ring substituents is 1. The van der Waals surface area contributed by atoms with Gasteiger partial charge in [-0.2, -0.15) is 16.8 Å². The molecule has 0 fully saturated rings. The lowest BCUT2D eigenvalue weighted by Gasteiger charge is -2.13. The quantitative estimate of drug-likeness (QED) is 0.0322. The number of ether oxygens (including phenoxy) is 2. The van der Waals surface area contributed by atoms with Crippen LogP contribution in [-0.2, 0) is 36.2 Å². The highest BCUT2D eigenvalue weighted by Gasteiger charge is 2.20. The van der Waals surface area contributed by atoms with Crippen LogP contribution in [0, 0.1) is 10.1 Å². The van der Waals surface area contributed by atoms with E-state index in [1.165, 1.54) is 12.3 Å². The van der Waals surface area contributed by atoms with Crippen LogP contribution in [0.2, 0.25) is 10.0 Å². The molecule has 6 N–H and O–H groups in total. The number of nitrogens with two attached hydrogens (primary N) is 1. The van der Waals surface area contributed by atoms with Crippen LogP contribution in [0.4, 0.5) is 46.0 Å². The third-order valence-corrected chi connectivity index (χ3v) is 14.1. The van der Waals surface area contributed by atoms with Crippen LogP contribution in [0.3, 0.4) is 0 Å². The van der Waals surface area contributed by atoms with E-state index < -0.39 is 28.1 Å². The number of nitro groups is 1. The van der Waals surface area contributed by atoms with Crippen LogP contribution in [0.25, 0.3) is 55.7 Å². The summed E-state index contributed by atoms with van der Waals surface area (Å²) in [5.74, 6) is 2.26. The maximum Gasteiger partial charge on any atom is 0.335 e. The largest absolute Gasteiger partial charge is 0.497 e. The second-order valence-electron chi connectivity index (χ2n) is 18.9. The van der Waals surface area contributed by atoms with Crippen molar-refractivity contribution in [3.8, 4) is 45.4 Å². The topological polar surface area (TPSA) is 265 Å². The van der Waals surface area contributed by atoms with E-state index in [2.05, 4.69) is 70.8 Å². The summed E-state index contributed by atoms with van der Waals surface area (Å²) in [5, 5.41) is 27.7. The lowest BCUT2D eigenvalue weighted by Crippen LogP contribution is -2.04. The molecule has 24 heteroatoms. The Morgan fingerprint density at radius 3 is 1.35 bits per heavy atom. The zero-order valence-corrected chi connectivity index (χ0v) is 49.9. The molecule has 8 aromatic carbocycles. The van der Waals surface area contributed by atoms with Crippen molar-refractivity contribution in [2.24, 2.45) is 0 Å². The minimum absolute atomic E-state index is 0. The van der Waals surface area contributed by atoms with Crippen LogP contribution in [0.5, 0.6) is 11.5 Å². The van der Waals surface area contributed by atoms with Crippen molar-refractivity contribution in [1.29, 1.82) is 0 Å². The van der Waals surface area contributed by atoms with E-state index in [-0.39, 0.29) is 19.1 Å². The van der Waals surface area contributed by atoms with Gasteiger partial charge < -0.3 is 45.6 Å². The number of anilines is 7. The second kappa shape index (κ2) is 31.0. The highest BCUT2D eigenvalue weighted by atomic mass is 35.5. The Labute approximate surface area is 528 Å². The first-order chi connectivity index (χ1) is 42.9. The molecule has 0 saturated carbocycles. The van der Waals surface area contributed by atoms with Gasteiger partial charge in [0.1, 0.15) is 17.2 Å². The van der Waals surface area contributed by atoms with Crippen molar-refractivity contribution in [3.05, 3.63) is 250 Å². The summed E-state index contributed by atoms with van der Waals surface area (Å²) in [7, 11) is 3.26. The third-order valence-electron chi connectivity index (χ3n) is 13.5. The van der Waals surface area contributed by atoms with Gasteiger partial charge in [0.2, 0.25) is 11.9 Å². The Morgan fingerprint density at radius 1 is 0.539 bits per heavy atom. The second-order valence-corrected chi connectivity index (χ2v) is 20.0. The fourth-order valence-corrected chi connectivity index (χ4v) is 9.81. The van der Waals surface area contributed by atoms with E-state index in [1.54, 1.807) is 32.5 Å². The Bertz CT molecular complexity index is 4450. The van der Waals surface area contributed by atoms with Gasteiger partial charge in [0.05, 0.1) is 75.4 Å². The zero-order chi connectivity index (χ0) is 61.9. The van der Waals surface area contributed by atoms with Crippen molar-refractivity contribution >= 4 is 114 Å². The van der Waals surface area contributed by atoms with Gasteiger partial charge in [-0.1, -0.05) is 128 Å². The van der Waals surface area contributed by atoms with Crippen LogP contribution < -0.4 is 36.5 Å². The third kappa shape index (κ3) is 16.0. The molecule has 0 aliphatic rings. The number of halogens is 2. The summed E-state index contributed by atoms with van der Waals surface area (Å²) in [6.07, 6.45) is 7.22. The zero-order valence-electron chi connectivity index (χ0n) is 46.7. The van der Waals surface area contributed by atoms with E-state index in [0.29, 0.717) is 57.5 Å². The summed E-state index contributed by atoms with van der Waals surface area (Å²) in [5.41, 5.74) is 18.6. The van der Waals surface area contributed by atoms with Crippen molar-refractivity contribution in [2.75, 3.05) is 41.2 Å². The molecular formula is C65H56Cl2N12O8S2. The van der Waals surface area contributed by atoms with Gasteiger partial charge >= 0.3 is 23.1 Å². The first kappa shape index (κ1) is 64.2. The number of para-hydroxylation sites is 4. The number of benzene rings is 8. The molecular weight excluding hydrogens is 1210 g/mol. The molecule has 0 radical (unpaired) electrons. The van der Waals surface area contributed by atoms with Gasteiger partial charge in [0.25, 0.3) is 5.69 Å². The van der Waals surface area contributed by atoms with Gasteiger partial charge in [-0.25, -0.2) is 19.9 Å². The van der Waals surface area contributed by atoms with E-state index in [9.17, 15) is 10.1 Å².